The van der Waals surface area contributed by atoms with Crippen molar-refractivity contribution >= 4 is 17.6 Å². The lowest BCUT2D eigenvalue weighted by Gasteiger charge is -2.34. The SMILES string of the molecule is CCC(CC)(c1ccc(O)c(C)c1)c1ccc(CC(=O)OC)c(Cl)c1. The number of aromatic hydroxyl groups is 1. The average molecular weight is 361 g/mol. The number of ether oxygens (including phenoxy) is 1. The van der Waals surface area contributed by atoms with Gasteiger partial charge in [-0.1, -0.05) is 49.7 Å². The van der Waals surface area contributed by atoms with Crippen LogP contribution in [0.5, 0.6) is 5.75 Å². The van der Waals surface area contributed by atoms with Crippen molar-refractivity contribution in [2.45, 2.75) is 45.4 Å². The number of aryl methyl sites for hydroxylation is 1. The summed E-state index contributed by atoms with van der Waals surface area (Å²) in [6, 6.07) is 11.7. The first-order valence-electron chi connectivity index (χ1n) is 8.53. The number of rotatable bonds is 6. The van der Waals surface area contributed by atoms with Crippen molar-refractivity contribution in [2.75, 3.05) is 7.11 Å². The molecule has 0 aromatic heterocycles. The molecule has 0 atom stereocenters. The van der Waals surface area contributed by atoms with Gasteiger partial charge < -0.3 is 9.84 Å². The van der Waals surface area contributed by atoms with Gasteiger partial charge in [-0.3, -0.25) is 4.79 Å². The number of carbonyl (C=O) groups is 1. The molecule has 3 nitrogen and oxygen atoms in total. The summed E-state index contributed by atoms with van der Waals surface area (Å²) in [5.41, 5.74) is 3.70. The highest BCUT2D eigenvalue weighted by Crippen LogP contribution is 2.41. The zero-order chi connectivity index (χ0) is 18.6. The van der Waals surface area contributed by atoms with Crippen molar-refractivity contribution in [3.63, 3.8) is 0 Å². The fourth-order valence-electron chi connectivity index (χ4n) is 3.40. The molecule has 0 radical (unpaired) electrons. The van der Waals surface area contributed by atoms with Crippen LogP contribution in [0, 0.1) is 6.92 Å². The molecule has 0 aliphatic carbocycles. The Bertz CT molecular complexity index is 764. The molecule has 0 aliphatic heterocycles. The molecule has 134 valence electrons. The van der Waals surface area contributed by atoms with Gasteiger partial charge in [-0.15, -0.1) is 0 Å². The van der Waals surface area contributed by atoms with Crippen LogP contribution in [0.15, 0.2) is 36.4 Å². The number of hydrogen-bond donors (Lipinski definition) is 1. The molecular weight excluding hydrogens is 336 g/mol. The second kappa shape index (κ2) is 7.92. The minimum atomic E-state index is -0.305. The van der Waals surface area contributed by atoms with E-state index in [2.05, 4.69) is 13.8 Å². The Labute approximate surface area is 154 Å². The van der Waals surface area contributed by atoms with E-state index in [1.807, 2.05) is 37.3 Å². The summed E-state index contributed by atoms with van der Waals surface area (Å²) in [7, 11) is 1.37. The average Bonchev–Trinajstić information content (AvgIpc) is 2.61. The third kappa shape index (κ3) is 3.82. The zero-order valence-electron chi connectivity index (χ0n) is 15.2. The first-order valence-corrected chi connectivity index (χ1v) is 8.91. The molecule has 0 aliphatic rings. The summed E-state index contributed by atoms with van der Waals surface area (Å²) in [5, 5.41) is 10.4. The first kappa shape index (κ1) is 19.3. The van der Waals surface area contributed by atoms with E-state index in [1.54, 1.807) is 6.07 Å². The minimum Gasteiger partial charge on any atom is -0.508 e. The molecule has 0 amide bonds. The van der Waals surface area contributed by atoms with Gasteiger partial charge in [-0.25, -0.2) is 0 Å². The third-order valence-corrected chi connectivity index (χ3v) is 5.48. The molecule has 0 saturated carbocycles. The number of benzene rings is 2. The Morgan fingerprint density at radius 1 is 1.12 bits per heavy atom. The number of esters is 1. The van der Waals surface area contributed by atoms with Gasteiger partial charge in [0, 0.05) is 10.4 Å². The van der Waals surface area contributed by atoms with Crippen LogP contribution in [0.2, 0.25) is 5.02 Å². The molecule has 0 unspecified atom stereocenters. The molecule has 2 aromatic carbocycles. The van der Waals surface area contributed by atoms with E-state index in [9.17, 15) is 9.90 Å². The van der Waals surface area contributed by atoms with Crippen LogP contribution in [0.25, 0.3) is 0 Å². The van der Waals surface area contributed by atoms with Crippen molar-refractivity contribution in [1.29, 1.82) is 0 Å². The number of phenols is 1. The van der Waals surface area contributed by atoms with Crippen LogP contribution in [0.1, 0.15) is 48.9 Å². The summed E-state index contributed by atoms with van der Waals surface area (Å²) in [6.07, 6.45) is 1.97. The van der Waals surface area contributed by atoms with Gasteiger partial charge >= 0.3 is 5.97 Å². The maximum Gasteiger partial charge on any atom is 0.310 e. The van der Waals surface area contributed by atoms with Crippen LogP contribution in [-0.4, -0.2) is 18.2 Å². The Morgan fingerprint density at radius 3 is 2.24 bits per heavy atom. The van der Waals surface area contributed by atoms with E-state index in [-0.39, 0.29) is 17.8 Å². The maximum absolute atomic E-state index is 11.5. The van der Waals surface area contributed by atoms with Gasteiger partial charge in [0.15, 0.2) is 0 Å². The number of phenolic OH excluding ortho intramolecular Hbond substituents is 1. The van der Waals surface area contributed by atoms with E-state index in [4.69, 9.17) is 16.3 Å². The smallest absolute Gasteiger partial charge is 0.310 e. The molecule has 0 fully saturated rings. The quantitative estimate of drug-likeness (QED) is 0.722. The number of halogens is 1. The van der Waals surface area contributed by atoms with Crippen LogP contribution < -0.4 is 0 Å². The minimum absolute atomic E-state index is 0.166. The lowest BCUT2D eigenvalue weighted by atomic mass is 9.70. The summed E-state index contributed by atoms with van der Waals surface area (Å²) >= 11 is 6.45. The van der Waals surface area contributed by atoms with Gasteiger partial charge in [0.05, 0.1) is 13.5 Å². The van der Waals surface area contributed by atoms with Gasteiger partial charge in [0.2, 0.25) is 0 Å². The van der Waals surface area contributed by atoms with Crippen molar-refractivity contribution in [3.05, 3.63) is 63.7 Å². The summed E-state index contributed by atoms with van der Waals surface area (Å²) in [6.45, 7) is 6.21. The van der Waals surface area contributed by atoms with Gasteiger partial charge in [-0.05, 0) is 54.2 Å². The lowest BCUT2D eigenvalue weighted by molar-refractivity contribution is -0.139. The zero-order valence-corrected chi connectivity index (χ0v) is 16.0. The molecule has 0 bridgehead atoms. The predicted octanol–water partition coefficient (Wildman–Crippen LogP) is 5.18. The van der Waals surface area contributed by atoms with E-state index < -0.39 is 0 Å². The standard InChI is InChI=1S/C21H25ClO3/c1-5-21(6-2,16-9-10-19(23)14(3)11-16)17-8-7-15(18(22)13-17)12-20(24)25-4/h7-11,13,23H,5-6,12H2,1-4H3. The molecule has 0 saturated heterocycles. The molecule has 0 heterocycles. The normalized spacial score (nSPS) is 11.4. The highest BCUT2D eigenvalue weighted by Gasteiger charge is 2.31. The highest BCUT2D eigenvalue weighted by molar-refractivity contribution is 6.31. The largest absolute Gasteiger partial charge is 0.508 e. The first-order chi connectivity index (χ1) is 11.9. The van der Waals surface area contributed by atoms with Crippen molar-refractivity contribution in [2.24, 2.45) is 0 Å². The van der Waals surface area contributed by atoms with E-state index in [0.717, 1.165) is 35.1 Å². The van der Waals surface area contributed by atoms with Crippen LogP contribution in [0.4, 0.5) is 0 Å². The Morgan fingerprint density at radius 2 is 1.72 bits per heavy atom. The van der Waals surface area contributed by atoms with Crippen molar-refractivity contribution in [3.8, 4) is 5.75 Å². The van der Waals surface area contributed by atoms with Gasteiger partial charge in [0.1, 0.15) is 5.75 Å². The van der Waals surface area contributed by atoms with Crippen LogP contribution >= 0.6 is 11.6 Å². The molecule has 25 heavy (non-hydrogen) atoms. The van der Waals surface area contributed by atoms with E-state index in [1.165, 1.54) is 7.11 Å². The summed E-state index contributed by atoms with van der Waals surface area (Å²) in [5.74, 6) is -0.00244. The van der Waals surface area contributed by atoms with E-state index >= 15 is 0 Å². The fraction of sp³-hybridized carbons (Fsp3) is 0.381. The summed E-state index contributed by atoms with van der Waals surface area (Å²) < 4.78 is 4.72. The Hall–Kier alpha value is -2.00. The molecule has 2 aromatic rings. The second-order valence-corrected chi connectivity index (χ2v) is 6.76. The summed E-state index contributed by atoms with van der Waals surface area (Å²) in [4.78, 5) is 11.5. The molecular formula is C21H25ClO3. The highest BCUT2D eigenvalue weighted by atomic mass is 35.5. The van der Waals surface area contributed by atoms with Crippen LogP contribution in [0.3, 0.4) is 0 Å². The van der Waals surface area contributed by atoms with Crippen LogP contribution in [-0.2, 0) is 21.4 Å². The maximum atomic E-state index is 11.5. The van der Waals surface area contributed by atoms with Gasteiger partial charge in [0.25, 0.3) is 0 Å². The topological polar surface area (TPSA) is 46.5 Å². The van der Waals surface area contributed by atoms with Crippen molar-refractivity contribution < 1.29 is 14.6 Å². The fourth-order valence-corrected chi connectivity index (χ4v) is 3.65. The number of hydrogen-bond acceptors (Lipinski definition) is 3. The second-order valence-electron chi connectivity index (χ2n) is 6.35. The molecule has 2 rings (SSSR count). The number of methoxy groups -OCH3 is 1. The lowest BCUT2D eigenvalue weighted by Crippen LogP contribution is -2.26. The molecule has 4 heteroatoms. The Kier molecular flexibility index (Phi) is 6.12. The van der Waals surface area contributed by atoms with Gasteiger partial charge in [-0.2, -0.15) is 0 Å². The predicted molar refractivity (Wildman–Crippen MR) is 101 cm³/mol. The van der Waals surface area contributed by atoms with E-state index in [0.29, 0.717) is 10.8 Å². The molecule has 0 spiro atoms. The third-order valence-electron chi connectivity index (χ3n) is 5.12. The monoisotopic (exact) mass is 360 g/mol. The molecule has 1 N–H and O–H groups in total. The number of carbonyl (C=O) groups excluding carboxylic acids is 1. The Balaban J connectivity index is 2.51. The van der Waals surface area contributed by atoms with Crippen molar-refractivity contribution in [1.82, 2.24) is 0 Å².